The summed E-state index contributed by atoms with van der Waals surface area (Å²) in [5.74, 6) is -0.211. The van der Waals surface area contributed by atoms with Crippen molar-refractivity contribution in [1.29, 1.82) is 0 Å². The van der Waals surface area contributed by atoms with Crippen LogP contribution in [0.4, 0.5) is 4.79 Å². The van der Waals surface area contributed by atoms with Crippen LogP contribution in [0.2, 0.25) is 0 Å². The SMILES string of the molecule is CCOC(C)=O.CN(C)CCc1c[nH]c2ccc(C[C@H]3COC(=O)N3)cc12. The molecule has 148 valence electrons. The van der Waals surface area contributed by atoms with Crippen LogP contribution in [0.25, 0.3) is 10.9 Å². The van der Waals surface area contributed by atoms with E-state index in [4.69, 9.17) is 4.74 Å². The van der Waals surface area contributed by atoms with Crippen molar-refractivity contribution in [3.05, 3.63) is 35.5 Å². The number of nitrogens with zero attached hydrogens (tertiary/aromatic N) is 1. The molecule has 1 atom stereocenters. The summed E-state index contributed by atoms with van der Waals surface area (Å²) in [6, 6.07) is 6.53. The Morgan fingerprint density at radius 3 is 2.70 bits per heavy atom. The molecule has 1 amide bonds. The van der Waals surface area contributed by atoms with E-state index in [1.54, 1.807) is 6.92 Å². The van der Waals surface area contributed by atoms with E-state index in [9.17, 15) is 9.59 Å². The van der Waals surface area contributed by atoms with Crippen LogP contribution in [0.1, 0.15) is 25.0 Å². The maximum absolute atomic E-state index is 11.1. The van der Waals surface area contributed by atoms with Gasteiger partial charge in [0.25, 0.3) is 0 Å². The van der Waals surface area contributed by atoms with Gasteiger partial charge in [-0.3, -0.25) is 4.79 Å². The quantitative estimate of drug-likeness (QED) is 0.758. The molecule has 1 aliphatic heterocycles. The molecule has 0 spiro atoms. The molecule has 0 aliphatic carbocycles. The van der Waals surface area contributed by atoms with Gasteiger partial charge in [-0.05, 0) is 57.1 Å². The first kappa shape index (κ1) is 20.8. The molecule has 2 heterocycles. The third kappa shape index (κ3) is 6.60. The lowest BCUT2D eigenvalue weighted by molar-refractivity contribution is -0.140. The van der Waals surface area contributed by atoms with Crippen LogP contribution in [0.15, 0.2) is 24.4 Å². The predicted octanol–water partition coefficient (Wildman–Crippen LogP) is 2.49. The molecule has 1 aromatic carbocycles. The Labute approximate surface area is 160 Å². The van der Waals surface area contributed by atoms with Crippen LogP contribution < -0.4 is 5.32 Å². The van der Waals surface area contributed by atoms with Crippen molar-refractivity contribution in [2.45, 2.75) is 32.7 Å². The number of cyclic esters (lactones) is 1. The van der Waals surface area contributed by atoms with Gasteiger partial charge in [0, 0.05) is 30.6 Å². The number of hydrogen-bond donors (Lipinski definition) is 2. The zero-order valence-corrected chi connectivity index (χ0v) is 16.5. The van der Waals surface area contributed by atoms with Crippen molar-refractivity contribution in [3.8, 4) is 0 Å². The number of aromatic amines is 1. The summed E-state index contributed by atoms with van der Waals surface area (Å²) >= 11 is 0. The molecule has 3 rings (SSSR count). The minimum absolute atomic E-state index is 0.0825. The van der Waals surface area contributed by atoms with Gasteiger partial charge >= 0.3 is 12.1 Å². The Morgan fingerprint density at radius 1 is 1.37 bits per heavy atom. The number of aromatic nitrogens is 1. The van der Waals surface area contributed by atoms with Crippen molar-refractivity contribution in [2.75, 3.05) is 33.9 Å². The Hall–Kier alpha value is -2.54. The first-order valence-electron chi connectivity index (χ1n) is 9.19. The number of carbonyl (C=O) groups excluding carboxylic acids is 2. The number of carbonyl (C=O) groups is 2. The highest BCUT2D eigenvalue weighted by Crippen LogP contribution is 2.21. The average Bonchev–Trinajstić information content (AvgIpc) is 3.19. The first-order chi connectivity index (χ1) is 12.9. The normalized spacial score (nSPS) is 15.9. The van der Waals surface area contributed by atoms with Gasteiger partial charge in [-0.1, -0.05) is 6.07 Å². The van der Waals surface area contributed by atoms with E-state index in [0.717, 1.165) is 19.4 Å². The molecular formula is C20H29N3O4. The molecule has 27 heavy (non-hydrogen) atoms. The Kier molecular flexibility index (Phi) is 7.67. The van der Waals surface area contributed by atoms with Crippen LogP contribution >= 0.6 is 0 Å². The molecule has 0 bridgehead atoms. The van der Waals surface area contributed by atoms with Gasteiger partial charge in [-0.25, -0.2) is 4.79 Å². The summed E-state index contributed by atoms with van der Waals surface area (Å²) < 4.78 is 9.34. The van der Waals surface area contributed by atoms with Gasteiger partial charge < -0.3 is 24.7 Å². The third-order valence-electron chi connectivity index (χ3n) is 4.23. The lowest BCUT2D eigenvalue weighted by Crippen LogP contribution is -2.28. The summed E-state index contributed by atoms with van der Waals surface area (Å²) in [6.07, 6.45) is 3.62. The Bertz CT molecular complexity index is 770. The standard InChI is InChI=1S/C16H21N3O2.C4H8O2/c1-19(2)6-5-12-9-17-15-4-3-11(8-14(12)15)7-13-10-21-16(20)18-13;1-3-6-4(2)5/h3-4,8-9,13,17H,5-7,10H2,1-2H3,(H,18,20);3H2,1-2H3/t13-;/m0./s1. The minimum atomic E-state index is -0.311. The summed E-state index contributed by atoms with van der Waals surface area (Å²) in [5.41, 5.74) is 3.73. The van der Waals surface area contributed by atoms with E-state index in [1.807, 2.05) is 0 Å². The molecule has 0 unspecified atom stereocenters. The second-order valence-corrected chi connectivity index (χ2v) is 6.82. The van der Waals surface area contributed by atoms with Crippen LogP contribution in [-0.4, -0.2) is 61.8 Å². The number of likely N-dealkylation sites (N-methyl/N-ethyl adjacent to an activating group) is 1. The Balaban J connectivity index is 0.000000380. The summed E-state index contributed by atoms with van der Waals surface area (Å²) in [5, 5.41) is 4.10. The molecule has 0 saturated carbocycles. The van der Waals surface area contributed by atoms with E-state index >= 15 is 0 Å². The maximum atomic E-state index is 11.1. The van der Waals surface area contributed by atoms with Crippen molar-refractivity contribution in [1.82, 2.24) is 15.2 Å². The van der Waals surface area contributed by atoms with E-state index < -0.39 is 0 Å². The van der Waals surface area contributed by atoms with Crippen LogP contribution in [-0.2, 0) is 27.1 Å². The summed E-state index contributed by atoms with van der Waals surface area (Å²) in [4.78, 5) is 26.4. The lowest BCUT2D eigenvalue weighted by atomic mass is 10.0. The molecular weight excluding hydrogens is 346 g/mol. The molecule has 1 aliphatic rings. The topological polar surface area (TPSA) is 83.7 Å². The zero-order valence-electron chi connectivity index (χ0n) is 16.5. The van der Waals surface area contributed by atoms with Crippen LogP contribution in [0, 0.1) is 0 Å². The molecule has 1 fully saturated rings. The molecule has 2 N–H and O–H groups in total. The van der Waals surface area contributed by atoms with Gasteiger partial charge in [0.1, 0.15) is 6.61 Å². The largest absolute Gasteiger partial charge is 0.466 e. The average molecular weight is 375 g/mol. The van der Waals surface area contributed by atoms with Crippen molar-refractivity contribution in [2.24, 2.45) is 0 Å². The monoisotopic (exact) mass is 375 g/mol. The van der Waals surface area contributed by atoms with Crippen molar-refractivity contribution < 1.29 is 19.1 Å². The first-order valence-corrected chi connectivity index (χ1v) is 9.19. The van der Waals surface area contributed by atoms with Gasteiger partial charge in [0.05, 0.1) is 12.6 Å². The molecule has 7 nitrogen and oxygen atoms in total. The van der Waals surface area contributed by atoms with E-state index in [0.29, 0.717) is 13.2 Å². The molecule has 1 saturated heterocycles. The van der Waals surface area contributed by atoms with Gasteiger partial charge in [-0.2, -0.15) is 0 Å². The number of fused-ring (bicyclic) bond motifs is 1. The van der Waals surface area contributed by atoms with Crippen LogP contribution in [0.3, 0.4) is 0 Å². The number of amides is 1. The van der Waals surface area contributed by atoms with E-state index in [1.165, 1.54) is 29.0 Å². The number of alkyl carbamates (subject to hydrolysis) is 1. The van der Waals surface area contributed by atoms with Gasteiger partial charge in [0.2, 0.25) is 0 Å². The summed E-state index contributed by atoms with van der Waals surface area (Å²) in [6.45, 7) is 5.14. The van der Waals surface area contributed by atoms with Gasteiger partial charge in [0.15, 0.2) is 0 Å². The second kappa shape index (κ2) is 9.97. The van der Waals surface area contributed by atoms with E-state index in [2.05, 4.69) is 58.4 Å². The predicted molar refractivity (Wildman–Crippen MR) is 105 cm³/mol. The fourth-order valence-electron chi connectivity index (χ4n) is 2.93. The molecule has 1 aromatic heterocycles. The Morgan fingerprint density at radius 2 is 2.15 bits per heavy atom. The lowest BCUT2D eigenvalue weighted by Gasteiger charge is -2.09. The van der Waals surface area contributed by atoms with E-state index in [-0.39, 0.29) is 18.1 Å². The highest BCUT2D eigenvalue weighted by molar-refractivity contribution is 5.84. The summed E-state index contributed by atoms with van der Waals surface area (Å²) in [7, 11) is 4.17. The van der Waals surface area contributed by atoms with Crippen molar-refractivity contribution >= 4 is 23.0 Å². The number of esters is 1. The number of hydrogen-bond acceptors (Lipinski definition) is 5. The van der Waals surface area contributed by atoms with Crippen LogP contribution in [0.5, 0.6) is 0 Å². The highest BCUT2D eigenvalue weighted by Gasteiger charge is 2.22. The third-order valence-corrected chi connectivity index (χ3v) is 4.23. The number of H-pyrrole nitrogens is 1. The molecule has 7 heteroatoms. The fraction of sp³-hybridized carbons (Fsp3) is 0.500. The number of rotatable bonds is 6. The number of nitrogens with one attached hydrogen (secondary N) is 2. The fourth-order valence-corrected chi connectivity index (χ4v) is 2.93. The number of ether oxygens (including phenoxy) is 2. The van der Waals surface area contributed by atoms with Crippen molar-refractivity contribution in [3.63, 3.8) is 0 Å². The maximum Gasteiger partial charge on any atom is 0.407 e. The number of benzene rings is 1. The smallest absolute Gasteiger partial charge is 0.407 e. The highest BCUT2D eigenvalue weighted by atomic mass is 16.6. The van der Waals surface area contributed by atoms with Gasteiger partial charge in [-0.15, -0.1) is 0 Å². The minimum Gasteiger partial charge on any atom is -0.466 e. The zero-order chi connectivity index (χ0) is 19.8. The molecule has 2 aromatic rings. The second-order valence-electron chi connectivity index (χ2n) is 6.82. The molecule has 0 radical (unpaired) electrons.